The van der Waals surface area contributed by atoms with Crippen LogP contribution in [0.15, 0.2) is 24.3 Å². The third-order valence-electron chi connectivity index (χ3n) is 4.00. The largest absolute Gasteiger partial charge is 0.482 e. The number of ether oxygens (including phenoxy) is 1. The van der Waals surface area contributed by atoms with Crippen molar-refractivity contribution >= 4 is 11.6 Å². The van der Waals surface area contributed by atoms with Gasteiger partial charge in [0.15, 0.2) is 6.61 Å². The number of hydrogen-bond donors (Lipinski definition) is 2. The van der Waals surface area contributed by atoms with Gasteiger partial charge >= 0.3 is 0 Å². The average molecular weight is 276 g/mol. The molecule has 2 rings (SSSR count). The SMILES string of the molecule is CC1CCC(CNC(=O)COc2ccccc2N)CC1. The lowest BCUT2D eigenvalue weighted by atomic mass is 9.83. The molecular formula is C16H24N2O2. The Bertz CT molecular complexity index is 440. The van der Waals surface area contributed by atoms with Gasteiger partial charge in [0, 0.05) is 6.54 Å². The standard InChI is InChI=1S/C16H24N2O2/c1-12-6-8-13(9-7-12)10-18-16(19)11-20-15-5-3-2-4-14(15)17/h2-5,12-13H,6-11,17H2,1H3,(H,18,19). The van der Waals surface area contributed by atoms with Gasteiger partial charge in [0.2, 0.25) is 0 Å². The van der Waals surface area contributed by atoms with E-state index in [9.17, 15) is 4.79 Å². The number of hydrogen-bond acceptors (Lipinski definition) is 3. The number of carbonyl (C=O) groups is 1. The first-order chi connectivity index (χ1) is 9.65. The van der Waals surface area contributed by atoms with Crippen molar-refractivity contribution in [1.82, 2.24) is 5.32 Å². The van der Waals surface area contributed by atoms with Crippen molar-refractivity contribution in [3.63, 3.8) is 0 Å². The molecule has 1 aromatic rings. The summed E-state index contributed by atoms with van der Waals surface area (Å²) in [6.45, 7) is 3.09. The molecule has 1 fully saturated rings. The lowest BCUT2D eigenvalue weighted by Crippen LogP contribution is -2.34. The van der Waals surface area contributed by atoms with Crippen molar-refractivity contribution in [2.75, 3.05) is 18.9 Å². The number of nitrogen functional groups attached to an aromatic ring is 1. The minimum Gasteiger partial charge on any atom is -0.482 e. The van der Waals surface area contributed by atoms with Gasteiger partial charge in [-0.2, -0.15) is 0 Å². The molecule has 0 radical (unpaired) electrons. The smallest absolute Gasteiger partial charge is 0.257 e. The molecule has 0 saturated heterocycles. The van der Waals surface area contributed by atoms with Crippen molar-refractivity contribution in [2.24, 2.45) is 11.8 Å². The molecule has 1 aliphatic rings. The van der Waals surface area contributed by atoms with Gasteiger partial charge in [0.05, 0.1) is 5.69 Å². The number of rotatable bonds is 5. The molecule has 0 aliphatic heterocycles. The van der Waals surface area contributed by atoms with Crippen molar-refractivity contribution < 1.29 is 9.53 Å². The van der Waals surface area contributed by atoms with Gasteiger partial charge in [-0.15, -0.1) is 0 Å². The number of benzene rings is 1. The van der Waals surface area contributed by atoms with E-state index in [0.717, 1.165) is 12.5 Å². The van der Waals surface area contributed by atoms with Crippen LogP contribution < -0.4 is 15.8 Å². The molecule has 4 nitrogen and oxygen atoms in total. The van der Waals surface area contributed by atoms with Crippen LogP contribution in [0.1, 0.15) is 32.6 Å². The number of para-hydroxylation sites is 2. The second-order valence-corrected chi connectivity index (χ2v) is 5.76. The average Bonchev–Trinajstić information content (AvgIpc) is 2.46. The van der Waals surface area contributed by atoms with Crippen LogP contribution in [0.5, 0.6) is 5.75 Å². The zero-order chi connectivity index (χ0) is 14.4. The van der Waals surface area contributed by atoms with Crippen molar-refractivity contribution in [3.05, 3.63) is 24.3 Å². The summed E-state index contributed by atoms with van der Waals surface area (Å²) in [5.41, 5.74) is 6.31. The van der Waals surface area contributed by atoms with Crippen LogP contribution >= 0.6 is 0 Å². The summed E-state index contributed by atoms with van der Waals surface area (Å²) >= 11 is 0. The highest BCUT2D eigenvalue weighted by Gasteiger charge is 2.18. The van der Waals surface area contributed by atoms with E-state index in [4.69, 9.17) is 10.5 Å². The minimum absolute atomic E-state index is 0.0251. The first kappa shape index (κ1) is 14.7. The molecule has 20 heavy (non-hydrogen) atoms. The van der Waals surface area contributed by atoms with E-state index in [1.165, 1.54) is 25.7 Å². The van der Waals surface area contributed by atoms with Crippen LogP contribution in [0.25, 0.3) is 0 Å². The summed E-state index contributed by atoms with van der Waals surface area (Å²) in [4.78, 5) is 11.8. The third-order valence-corrected chi connectivity index (χ3v) is 4.00. The van der Waals surface area contributed by atoms with Gasteiger partial charge in [-0.25, -0.2) is 0 Å². The molecule has 3 N–H and O–H groups in total. The highest BCUT2D eigenvalue weighted by molar-refractivity contribution is 5.77. The van der Waals surface area contributed by atoms with Crippen LogP contribution in [0.3, 0.4) is 0 Å². The number of carbonyl (C=O) groups excluding carboxylic acids is 1. The topological polar surface area (TPSA) is 64.3 Å². The molecule has 1 aliphatic carbocycles. The fourth-order valence-corrected chi connectivity index (χ4v) is 2.60. The van der Waals surface area contributed by atoms with Gasteiger partial charge < -0.3 is 15.8 Å². The van der Waals surface area contributed by atoms with Crippen molar-refractivity contribution in [1.29, 1.82) is 0 Å². The fourth-order valence-electron chi connectivity index (χ4n) is 2.60. The summed E-state index contributed by atoms with van der Waals surface area (Å²) < 4.78 is 5.42. The maximum Gasteiger partial charge on any atom is 0.257 e. The van der Waals surface area contributed by atoms with Gasteiger partial charge in [-0.05, 0) is 36.8 Å². The molecule has 0 heterocycles. The highest BCUT2D eigenvalue weighted by atomic mass is 16.5. The van der Waals surface area contributed by atoms with Gasteiger partial charge in [-0.3, -0.25) is 4.79 Å². The van der Waals surface area contributed by atoms with E-state index in [1.807, 2.05) is 12.1 Å². The van der Waals surface area contributed by atoms with Gasteiger partial charge in [0.1, 0.15) is 5.75 Å². The number of amides is 1. The lowest BCUT2D eigenvalue weighted by Gasteiger charge is -2.26. The van der Waals surface area contributed by atoms with Crippen molar-refractivity contribution in [2.45, 2.75) is 32.6 Å². The Labute approximate surface area is 120 Å². The predicted octanol–water partition coefficient (Wildman–Crippen LogP) is 2.59. The summed E-state index contributed by atoms with van der Waals surface area (Å²) in [6.07, 6.45) is 4.98. The lowest BCUT2D eigenvalue weighted by molar-refractivity contribution is -0.123. The van der Waals surface area contributed by atoms with Gasteiger partial charge in [0.25, 0.3) is 5.91 Å². The normalized spacial score (nSPS) is 22.2. The zero-order valence-electron chi connectivity index (χ0n) is 12.1. The molecular weight excluding hydrogens is 252 g/mol. The molecule has 0 spiro atoms. The van der Waals surface area contributed by atoms with E-state index in [2.05, 4.69) is 12.2 Å². The Kier molecular flexibility index (Phi) is 5.27. The van der Waals surface area contributed by atoms with E-state index < -0.39 is 0 Å². The molecule has 4 heteroatoms. The first-order valence-corrected chi connectivity index (χ1v) is 7.39. The molecule has 0 aromatic heterocycles. The maximum atomic E-state index is 11.8. The molecule has 1 amide bonds. The van der Waals surface area contributed by atoms with Gasteiger partial charge in [-0.1, -0.05) is 31.9 Å². The van der Waals surface area contributed by atoms with E-state index in [1.54, 1.807) is 12.1 Å². The number of nitrogens with one attached hydrogen (secondary N) is 1. The quantitative estimate of drug-likeness (QED) is 0.812. The highest BCUT2D eigenvalue weighted by Crippen LogP contribution is 2.27. The number of anilines is 1. The molecule has 0 bridgehead atoms. The fraction of sp³-hybridized carbons (Fsp3) is 0.562. The van der Waals surface area contributed by atoms with E-state index >= 15 is 0 Å². The van der Waals surface area contributed by atoms with Crippen LogP contribution in [0.4, 0.5) is 5.69 Å². The third kappa shape index (κ3) is 4.44. The summed E-state index contributed by atoms with van der Waals surface area (Å²) in [5, 5.41) is 2.95. The Morgan fingerprint density at radius 3 is 2.70 bits per heavy atom. The van der Waals surface area contributed by atoms with Crippen molar-refractivity contribution in [3.8, 4) is 5.75 Å². The predicted molar refractivity (Wildman–Crippen MR) is 80.5 cm³/mol. The summed E-state index contributed by atoms with van der Waals surface area (Å²) in [5.74, 6) is 1.95. The summed E-state index contributed by atoms with van der Waals surface area (Å²) in [7, 11) is 0. The first-order valence-electron chi connectivity index (χ1n) is 7.39. The Morgan fingerprint density at radius 2 is 2.00 bits per heavy atom. The van der Waals surface area contributed by atoms with E-state index in [-0.39, 0.29) is 12.5 Å². The Morgan fingerprint density at radius 1 is 1.30 bits per heavy atom. The van der Waals surface area contributed by atoms with Crippen LogP contribution in [0, 0.1) is 11.8 Å². The van der Waals surface area contributed by atoms with E-state index in [0.29, 0.717) is 17.4 Å². The number of nitrogens with two attached hydrogens (primary N) is 1. The molecule has 0 unspecified atom stereocenters. The maximum absolute atomic E-state index is 11.8. The second-order valence-electron chi connectivity index (χ2n) is 5.76. The molecule has 1 saturated carbocycles. The second kappa shape index (κ2) is 7.17. The Hall–Kier alpha value is -1.71. The van der Waals surface area contributed by atoms with Crippen LogP contribution in [0.2, 0.25) is 0 Å². The molecule has 1 aromatic carbocycles. The minimum atomic E-state index is -0.0770. The molecule has 110 valence electrons. The zero-order valence-corrected chi connectivity index (χ0v) is 12.1. The monoisotopic (exact) mass is 276 g/mol. The molecule has 0 atom stereocenters. The Balaban J connectivity index is 1.67. The van der Waals surface area contributed by atoms with Crippen LogP contribution in [-0.2, 0) is 4.79 Å². The van der Waals surface area contributed by atoms with Crippen LogP contribution in [-0.4, -0.2) is 19.1 Å². The summed E-state index contributed by atoms with van der Waals surface area (Å²) in [6, 6.07) is 7.21.